The molecule has 5 heteroatoms. The number of rotatable bonds is 4. The zero-order valence-electron chi connectivity index (χ0n) is 12.3. The van der Waals surface area contributed by atoms with Crippen molar-refractivity contribution in [2.24, 2.45) is 11.3 Å². The molecule has 1 heterocycles. The van der Waals surface area contributed by atoms with Crippen LogP contribution < -0.4 is 5.32 Å². The van der Waals surface area contributed by atoms with Crippen LogP contribution in [-0.2, 0) is 24.7 Å². The fourth-order valence-electron chi connectivity index (χ4n) is 3.82. The van der Waals surface area contributed by atoms with Crippen LogP contribution >= 0.6 is 0 Å². The Kier molecular flexibility index (Phi) is 3.16. The average molecular weight is 299 g/mol. The molecule has 2 aliphatic rings. The number of amides is 1. The van der Waals surface area contributed by atoms with Gasteiger partial charge < -0.3 is 10.1 Å². The first-order valence-corrected chi connectivity index (χ1v) is 7.27. The summed E-state index contributed by atoms with van der Waals surface area (Å²) in [6, 6.07) is 9.08. The number of nitrogens with one attached hydrogen (secondary N) is 1. The van der Waals surface area contributed by atoms with Crippen molar-refractivity contribution in [3.63, 3.8) is 0 Å². The second kappa shape index (κ2) is 4.80. The molecule has 0 spiro atoms. The largest absolute Gasteiger partial charge is 0.465 e. The number of hydrogen-bond acceptors (Lipinski definition) is 4. The summed E-state index contributed by atoms with van der Waals surface area (Å²) in [6.45, 7) is 5.62. The number of hydrogen-bond donors (Lipinski definition) is 1. The Bertz CT molecular complexity index is 668. The van der Waals surface area contributed by atoms with Crippen molar-refractivity contribution in [1.82, 2.24) is 5.32 Å². The standard InChI is InChI=1S/C17H17NO4/c1-3-11-10-16(15(21)22-4-2)13(19)14(20)18-17(11,16)12-8-6-5-7-9-12/h3,5-9,11H,1,4,10H2,2H3,(H,18,20)/t11-,16-,17+/m1/s1. The number of carbonyl (C=O) groups excluding carboxylic acids is 3. The maximum atomic E-state index is 12.6. The summed E-state index contributed by atoms with van der Waals surface area (Å²) >= 11 is 0. The normalized spacial score (nSPS) is 32.7. The van der Waals surface area contributed by atoms with Gasteiger partial charge in [-0.3, -0.25) is 14.4 Å². The van der Waals surface area contributed by atoms with E-state index in [0.717, 1.165) is 5.56 Å². The van der Waals surface area contributed by atoms with Crippen molar-refractivity contribution in [3.05, 3.63) is 48.6 Å². The molecule has 0 radical (unpaired) electrons. The van der Waals surface area contributed by atoms with E-state index in [1.165, 1.54) is 0 Å². The van der Waals surface area contributed by atoms with Gasteiger partial charge in [0.15, 0.2) is 5.41 Å². The lowest BCUT2D eigenvalue weighted by Crippen LogP contribution is -2.68. The third-order valence-corrected chi connectivity index (χ3v) is 4.80. The number of fused-ring (bicyclic) bond motifs is 1. The highest BCUT2D eigenvalue weighted by atomic mass is 16.5. The second-order valence-corrected chi connectivity index (χ2v) is 5.63. The van der Waals surface area contributed by atoms with E-state index in [1.807, 2.05) is 30.3 Å². The van der Waals surface area contributed by atoms with E-state index < -0.39 is 28.6 Å². The summed E-state index contributed by atoms with van der Waals surface area (Å²) in [7, 11) is 0. The van der Waals surface area contributed by atoms with Crippen molar-refractivity contribution in [2.45, 2.75) is 18.9 Å². The number of ketones is 1. The quantitative estimate of drug-likeness (QED) is 0.394. The summed E-state index contributed by atoms with van der Waals surface area (Å²) in [5, 5.41) is 2.75. The van der Waals surface area contributed by atoms with Gasteiger partial charge in [-0.15, -0.1) is 6.58 Å². The molecule has 1 aliphatic carbocycles. The van der Waals surface area contributed by atoms with Crippen LogP contribution in [0.5, 0.6) is 0 Å². The molecule has 1 aromatic carbocycles. The molecular formula is C17H17NO4. The summed E-state index contributed by atoms with van der Waals surface area (Å²) < 4.78 is 5.12. The molecule has 0 unspecified atom stereocenters. The van der Waals surface area contributed by atoms with Gasteiger partial charge >= 0.3 is 5.97 Å². The first-order chi connectivity index (χ1) is 10.5. The molecule has 0 aromatic heterocycles. The van der Waals surface area contributed by atoms with Gasteiger partial charge in [0.25, 0.3) is 5.91 Å². The molecular weight excluding hydrogens is 282 g/mol. The molecule has 1 aromatic rings. The first kappa shape index (κ1) is 14.5. The predicted molar refractivity (Wildman–Crippen MR) is 78.6 cm³/mol. The topological polar surface area (TPSA) is 72.5 Å². The van der Waals surface area contributed by atoms with E-state index in [4.69, 9.17) is 4.74 Å². The van der Waals surface area contributed by atoms with Crippen molar-refractivity contribution in [3.8, 4) is 0 Å². The van der Waals surface area contributed by atoms with E-state index in [-0.39, 0.29) is 18.9 Å². The minimum atomic E-state index is -1.49. The molecule has 1 amide bonds. The summed E-state index contributed by atoms with van der Waals surface area (Å²) in [4.78, 5) is 37.1. The van der Waals surface area contributed by atoms with Crippen LogP contribution in [0, 0.1) is 11.3 Å². The Labute approximate surface area is 128 Å². The fraction of sp³-hybridized carbons (Fsp3) is 0.353. The molecule has 5 nitrogen and oxygen atoms in total. The van der Waals surface area contributed by atoms with E-state index in [0.29, 0.717) is 0 Å². The smallest absolute Gasteiger partial charge is 0.323 e. The lowest BCUT2D eigenvalue weighted by atomic mass is 9.46. The summed E-state index contributed by atoms with van der Waals surface area (Å²) in [5.41, 5.74) is -1.85. The van der Waals surface area contributed by atoms with Crippen molar-refractivity contribution >= 4 is 17.7 Å². The number of ether oxygens (including phenoxy) is 1. The van der Waals surface area contributed by atoms with Gasteiger partial charge in [-0.1, -0.05) is 36.4 Å². The maximum absolute atomic E-state index is 12.6. The Balaban J connectivity index is 2.21. The van der Waals surface area contributed by atoms with Crippen molar-refractivity contribution < 1.29 is 19.1 Å². The molecule has 1 aliphatic heterocycles. The molecule has 114 valence electrons. The number of benzene rings is 1. The highest BCUT2D eigenvalue weighted by molar-refractivity contribution is 6.45. The van der Waals surface area contributed by atoms with Crippen LogP contribution in [0.1, 0.15) is 18.9 Å². The maximum Gasteiger partial charge on any atom is 0.323 e. The molecule has 3 rings (SSSR count). The third kappa shape index (κ3) is 1.46. The van der Waals surface area contributed by atoms with Crippen LogP contribution in [-0.4, -0.2) is 24.3 Å². The van der Waals surface area contributed by atoms with Gasteiger partial charge in [0.2, 0.25) is 5.78 Å². The van der Waals surface area contributed by atoms with Crippen LogP contribution in [0.15, 0.2) is 43.0 Å². The second-order valence-electron chi connectivity index (χ2n) is 5.63. The van der Waals surface area contributed by atoms with Gasteiger partial charge in [0, 0.05) is 5.92 Å². The van der Waals surface area contributed by atoms with Crippen molar-refractivity contribution in [1.29, 1.82) is 0 Å². The van der Waals surface area contributed by atoms with Crippen LogP contribution in [0.25, 0.3) is 0 Å². The van der Waals surface area contributed by atoms with Gasteiger partial charge in [-0.2, -0.15) is 0 Å². The van der Waals surface area contributed by atoms with Gasteiger partial charge in [0.05, 0.1) is 12.1 Å². The minimum absolute atomic E-state index is 0.158. The van der Waals surface area contributed by atoms with Crippen molar-refractivity contribution in [2.75, 3.05) is 6.61 Å². The summed E-state index contributed by atoms with van der Waals surface area (Å²) in [5.74, 6) is -2.29. The minimum Gasteiger partial charge on any atom is -0.465 e. The lowest BCUT2D eigenvalue weighted by molar-refractivity contribution is -0.177. The van der Waals surface area contributed by atoms with E-state index in [9.17, 15) is 14.4 Å². The Morgan fingerprint density at radius 2 is 2.09 bits per heavy atom. The van der Waals surface area contributed by atoms with E-state index in [1.54, 1.807) is 13.0 Å². The fourth-order valence-corrected chi connectivity index (χ4v) is 3.82. The van der Waals surface area contributed by atoms with E-state index >= 15 is 0 Å². The molecule has 1 saturated carbocycles. The molecule has 3 atom stereocenters. The predicted octanol–water partition coefficient (Wildman–Crippen LogP) is 1.34. The monoisotopic (exact) mass is 299 g/mol. The Morgan fingerprint density at radius 3 is 2.68 bits per heavy atom. The van der Waals surface area contributed by atoms with E-state index in [2.05, 4.69) is 11.9 Å². The van der Waals surface area contributed by atoms with Gasteiger partial charge in [-0.05, 0) is 18.9 Å². The molecule has 1 N–H and O–H groups in total. The highest BCUT2D eigenvalue weighted by Crippen LogP contribution is 2.64. The lowest BCUT2D eigenvalue weighted by Gasteiger charge is -2.56. The van der Waals surface area contributed by atoms with Crippen LogP contribution in [0.3, 0.4) is 0 Å². The zero-order chi connectivity index (χ0) is 16.0. The number of Topliss-reactive ketones (excluding diaryl/α,β-unsaturated/α-hetero) is 1. The SMILES string of the molecule is C=C[C@@H]1C[C@]2(C(=O)OCC)C(=O)C(=O)N[C@]12c1ccccc1. The molecule has 2 fully saturated rings. The number of esters is 1. The Hall–Kier alpha value is -2.43. The molecule has 0 bridgehead atoms. The zero-order valence-corrected chi connectivity index (χ0v) is 12.3. The first-order valence-electron chi connectivity index (χ1n) is 7.27. The molecule has 22 heavy (non-hydrogen) atoms. The highest BCUT2D eigenvalue weighted by Gasteiger charge is 2.79. The van der Waals surface area contributed by atoms with Gasteiger partial charge in [0.1, 0.15) is 0 Å². The van der Waals surface area contributed by atoms with Crippen LogP contribution in [0.2, 0.25) is 0 Å². The van der Waals surface area contributed by atoms with Crippen LogP contribution in [0.4, 0.5) is 0 Å². The average Bonchev–Trinajstić information content (AvgIpc) is 2.68. The Morgan fingerprint density at radius 1 is 1.41 bits per heavy atom. The number of carbonyl (C=O) groups is 3. The summed E-state index contributed by atoms with van der Waals surface area (Å²) in [6.07, 6.45) is 1.92. The van der Waals surface area contributed by atoms with Gasteiger partial charge in [-0.25, -0.2) is 0 Å². The molecule has 1 saturated heterocycles. The third-order valence-electron chi connectivity index (χ3n) is 4.80.